The monoisotopic (exact) mass is 263 g/mol. The summed E-state index contributed by atoms with van der Waals surface area (Å²) in [5, 5.41) is 0.508. The van der Waals surface area contributed by atoms with Crippen molar-refractivity contribution in [1.29, 1.82) is 0 Å². The number of rotatable bonds is 3. The van der Waals surface area contributed by atoms with E-state index in [1.807, 2.05) is 20.8 Å². The third-order valence-corrected chi connectivity index (χ3v) is 3.49. The Morgan fingerprint density at radius 3 is 2.19 bits per heavy atom. The van der Waals surface area contributed by atoms with E-state index in [0.717, 1.165) is 0 Å². The fourth-order valence-electron chi connectivity index (χ4n) is 1.67. The van der Waals surface area contributed by atoms with Gasteiger partial charge >= 0.3 is 0 Å². The molecule has 90 valence electrons. The van der Waals surface area contributed by atoms with E-state index >= 15 is 0 Å². The molecule has 0 aromatic heterocycles. The van der Waals surface area contributed by atoms with E-state index in [-0.39, 0.29) is 17.0 Å². The predicted octanol–water partition coefficient (Wildman–Crippen LogP) is 4.22. The van der Waals surface area contributed by atoms with Gasteiger partial charge in [0.1, 0.15) is 5.82 Å². The maximum absolute atomic E-state index is 13.4. The number of hydrogen-bond acceptors (Lipinski definition) is 1. The molecular weight excluding hydrogens is 248 g/mol. The topological polar surface area (TPSA) is 26.0 Å². The van der Waals surface area contributed by atoms with Gasteiger partial charge in [-0.2, -0.15) is 0 Å². The Kier molecular flexibility index (Phi) is 4.60. The summed E-state index contributed by atoms with van der Waals surface area (Å²) in [6, 6.07) is 2.74. The van der Waals surface area contributed by atoms with E-state index in [2.05, 4.69) is 0 Å². The lowest BCUT2D eigenvalue weighted by molar-refractivity contribution is 0.433. The number of nitrogens with two attached hydrogens (primary N) is 1. The van der Waals surface area contributed by atoms with E-state index < -0.39 is 5.82 Å². The van der Waals surface area contributed by atoms with Crippen LogP contribution in [0.15, 0.2) is 12.1 Å². The van der Waals surface area contributed by atoms with Gasteiger partial charge in [-0.15, -0.1) is 0 Å². The van der Waals surface area contributed by atoms with Crippen molar-refractivity contribution >= 4 is 23.2 Å². The smallest absolute Gasteiger partial charge is 0.142 e. The first-order valence-corrected chi connectivity index (χ1v) is 6.00. The Bertz CT molecular complexity index is 380. The summed E-state index contributed by atoms with van der Waals surface area (Å²) in [6.45, 7) is 6.00. The van der Waals surface area contributed by atoms with Crippen LogP contribution < -0.4 is 5.73 Å². The van der Waals surface area contributed by atoms with Crippen LogP contribution in [0.4, 0.5) is 4.39 Å². The molecule has 0 saturated carbocycles. The summed E-state index contributed by atoms with van der Waals surface area (Å²) >= 11 is 11.7. The predicted molar refractivity (Wildman–Crippen MR) is 67.6 cm³/mol. The van der Waals surface area contributed by atoms with Gasteiger partial charge in [0, 0.05) is 11.1 Å². The lowest BCUT2D eigenvalue weighted by Gasteiger charge is -2.24. The normalized spacial score (nSPS) is 15.2. The van der Waals surface area contributed by atoms with Crippen LogP contribution >= 0.6 is 23.2 Å². The van der Waals surface area contributed by atoms with Gasteiger partial charge in [-0.3, -0.25) is 0 Å². The van der Waals surface area contributed by atoms with Gasteiger partial charge in [-0.1, -0.05) is 44.0 Å². The maximum Gasteiger partial charge on any atom is 0.142 e. The minimum absolute atomic E-state index is 0.000679. The molecule has 0 heterocycles. The Morgan fingerprint density at radius 2 is 1.69 bits per heavy atom. The summed E-state index contributed by atoms with van der Waals surface area (Å²) in [6.07, 6.45) is 0. The lowest BCUT2D eigenvalue weighted by atomic mass is 9.87. The second-order valence-corrected chi connectivity index (χ2v) is 5.21. The van der Waals surface area contributed by atoms with Crippen molar-refractivity contribution in [3.05, 3.63) is 33.6 Å². The minimum atomic E-state index is -0.455. The minimum Gasteiger partial charge on any atom is -0.327 e. The zero-order chi connectivity index (χ0) is 12.5. The molecule has 0 fully saturated rings. The van der Waals surface area contributed by atoms with Crippen LogP contribution in [0.1, 0.15) is 32.3 Å². The van der Waals surface area contributed by atoms with Crippen LogP contribution in [0.5, 0.6) is 0 Å². The molecule has 0 radical (unpaired) electrons. The van der Waals surface area contributed by atoms with Crippen LogP contribution in [-0.2, 0) is 0 Å². The van der Waals surface area contributed by atoms with E-state index in [1.54, 1.807) is 0 Å². The third-order valence-electron chi connectivity index (χ3n) is 2.88. The first-order valence-electron chi connectivity index (χ1n) is 5.24. The molecule has 0 saturated heterocycles. The summed E-state index contributed by atoms with van der Waals surface area (Å²) in [5.41, 5.74) is 6.75. The maximum atomic E-state index is 13.4. The highest BCUT2D eigenvalue weighted by Gasteiger charge is 2.21. The number of hydrogen-bond donors (Lipinski definition) is 1. The molecule has 0 aliphatic carbocycles. The van der Waals surface area contributed by atoms with E-state index in [4.69, 9.17) is 28.9 Å². The van der Waals surface area contributed by atoms with Crippen molar-refractivity contribution in [3.63, 3.8) is 0 Å². The SMILES string of the molecule is CC(C)C(N)C(C)c1cc(F)c(Cl)cc1Cl. The average molecular weight is 264 g/mol. The van der Waals surface area contributed by atoms with Crippen LogP contribution in [-0.4, -0.2) is 6.04 Å². The molecule has 0 aliphatic rings. The van der Waals surface area contributed by atoms with Gasteiger partial charge in [0.15, 0.2) is 0 Å². The molecule has 0 bridgehead atoms. The molecule has 4 heteroatoms. The number of benzene rings is 1. The summed E-state index contributed by atoms with van der Waals surface area (Å²) in [4.78, 5) is 0. The Hall–Kier alpha value is -0.310. The number of halogens is 3. The lowest BCUT2D eigenvalue weighted by Crippen LogP contribution is -2.32. The van der Waals surface area contributed by atoms with Crippen molar-refractivity contribution in [2.24, 2.45) is 11.7 Å². The van der Waals surface area contributed by atoms with Crippen LogP contribution in [0.2, 0.25) is 10.0 Å². The molecule has 0 aliphatic heterocycles. The Morgan fingerprint density at radius 1 is 1.12 bits per heavy atom. The average Bonchev–Trinajstić information content (AvgIpc) is 2.21. The van der Waals surface area contributed by atoms with Crippen LogP contribution in [0.25, 0.3) is 0 Å². The molecule has 16 heavy (non-hydrogen) atoms. The van der Waals surface area contributed by atoms with E-state index in [9.17, 15) is 4.39 Å². The van der Waals surface area contributed by atoms with Crippen molar-refractivity contribution in [2.75, 3.05) is 0 Å². The highest BCUT2D eigenvalue weighted by Crippen LogP contribution is 2.32. The second-order valence-electron chi connectivity index (χ2n) is 4.40. The third kappa shape index (κ3) is 2.88. The van der Waals surface area contributed by atoms with Gasteiger partial charge in [-0.25, -0.2) is 4.39 Å². The molecule has 2 unspecified atom stereocenters. The van der Waals surface area contributed by atoms with Crippen molar-refractivity contribution in [3.8, 4) is 0 Å². The Labute approximate surface area is 106 Å². The first-order chi connectivity index (χ1) is 7.34. The summed E-state index contributed by atoms with van der Waals surface area (Å²) < 4.78 is 13.4. The second kappa shape index (κ2) is 5.35. The Balaban J connectivity index is 3.08. The molecular formula is C12H16Cl2FN. The molecule has 2 atom stereocenters. The molecule has 2 N–H and O–H groups in total. The molecule has 0 spiro atoms. The quantitative estimate of drug-likeness (QED) is 0.813. The molecule has 1 aromatic rings. The van der Waals surface area contributed by atoms with Gasteiger partial charge in [0.05, 0.1) is 5.02 Å². The highest BCUT2D eigenvalue weighted by molar-refractivity contribution is 6.35. The van der Waals surface area contributed by atoms with Crippen molar-refractivity contribution < 1.29 is 4.39 Å². The fraction of sp³-hybridized carbons (Fsp3) is 0.500. The van der Waals surface area contributed by atoms with E-state index in [1.165, 1.54) is 12.1 Å². The highest BCUT2D eigenvalue weighted by atomic mass is 35.5. The van der Waals surface area contributed by atoms with Gasteiger partial charge in [0.25, 0.3) is 0 Å². The molecule has 1 aromatic carbocycles. The fourth-order valence-corrected chi connectivity index (χ4v) is 2.23. The zero-order valence-electron chi connectivity index (χ0n) is 9.60. The van der Waals surface area contributed by atoms with Gasteiger partial charge in [0.2, 0.25) is 0 Å². The summed E-state index contributed by atoms with van der Waals surface area (Å²) in [7, 11) is 0. The first kappa shape index (κ1) is 13.8. The standard InChI is InChI=1S/C12H16Cl2FN/c1-6(2)12(16)7(3)8-4-11(15)10(14)5-9(8)13/h4-7,12H,16H2,1-3H3. The van der Waals surface area contributed by atoms with Crippen LogP contribution in [0, 0.1) is 11.7 Å². The summed E-state index contributed by atoms with van der Waals surface area (Å²) in [5.74, 6) is -0.145. The molecule has 1 rings (SSSR count). The van der Waals surface area contributed by atoms with Crippen molar-refractivity contribution in [1.82, 2.24) is 0 Å². The largest absolute Gasteiger partial charge is 0.327 e. The van der Waals surface area contributed by atoms with Gasteiger partial charge in [-0.05, 0) is 29.5 Å². The molecule has 1 nitrogen and oxygen atoms in total. The zero-order valence-corrected chi connectivity index (χ0v) is 11.1. The van der Waals surface area contributed by atoms with Gasteiger partial charge < -0.3 is 5.73 Å². The molecule has 0 amide bonds. The van der Waals surface area contributed by atoms with Crippen molar-refractivity contribution in [2.45, 2.75) is 32.7 Å². The van der Waals surface area contributed by atoms with E-state index in [0.29, 0.717) is 16.5 Å². The van der Waals surface area contributed by atoms with Crippen LogP contribution in [0.3, 0.4) is 0 Å².